The lowest BCUT2D eigenvalue weighted by molar-refractivity contribution is 0.654. The van der Waals surface area contributed by atoms with Crippen LogP contribution < -0.4 is 5.32 Å². The first kappa shape index (κ1) is 10.4. The van der Waals surface area contributed by atoms with Crippen LogP contribution in [0, 0.1) is 0 Å². The molecule has 1 aromatic heterocycles. The van der Waals surface area contributed by atoms with Gasteiger partial charge in [0.25, 0.3) is 0 Å². The van der Waals surface area contributed by atoms with Crippen molar-refractivity contribution in [3.63, 3.8) is 0 Å². The molecule has 3 rings (SSSR count). The summed E-state index contributed by atoms with van der Waals surface area (Å²) in [4.78, 5) is 0. The van der Waals surface area contributed by atoms with E-state index in [2.05, 4.69) is 47.8 Å². The summed E-state index contributed by atoms with van der Waals surface area (Å²) in [5.74, 6) is 0.546. The quantitative estimate of drug-likeness (QED) is 0.854. The zero-order chi connectivity index (χ0) is 11.7. The predicted octanol–water partition coefficient (Wildman–Crippen LogP) is 2.65. The molecule has 0 saturated carbocycles. The Labute approximate surface area is 101 Å². The van der Waals surface area contributed by atoms with Crippen molar-refractivity contribution in [2.24, 2.45) is 0 Å². The van der Waals surface area contributed by atoms with Gasteiger partial charge in [-0.25, -0.2) is 0 Å². The largest absolute Gasteiger partial charge is 0.384 e. The van der Waals surface area contributed by atoms with E-state index in [0.29, 0.717) is 5.92 Å². The number of aryl methyl sites for hydroxylation is 1. The minimum atomic E-state index is 0.546. The molecular formula is C14H17N3. The van der Waals surface area contributed by atoms with Crippen LogP contribution in [0.25, 0.3) is 0 Å². The average molecular weight is 227 g/mol. The average Bonchev–Trinajstić information content (AvgIpc) is 2.87. The van der Waals surface area contributed by atoms with E-state index >= 15 is 0 Å². The maximum atomic E-state index is 4.35. The fourth-order valence-electron chi connectivity index (χ4n) is 2.44. The van der Waals surface area contributed by atoms with Crippen molar-refractivity contribution in [1.82, 2.24) is 9.78 Å². The Morgan fingerprint density at radius 3 is 3.12 bits per heavy atom. The first-order valence-electron chi connectivity index (χ1n) is 6.21. The lowest BCUT2D eigenvalue weighted by Gasteiger charge is -2.25. The molecule has 88 valence electrons. The van der Waals surface area contributed by atoms with Crippen LogP contribution in [-0.2, 0) is 13.0 Å². The fourth-order valence-corrected chi connectivity index (χ4v) is 2.44. The molecular weight excluding hydrogens is 210 g/mol. The Balaban J connectivity index is 1.84. The van der Waals surface area contributed by atoms with Crippen molar-refractivity contribution in [1.29, 1.82) is 0 Å². The van der Waals surface area contributed by atoms with E-state index in [1.165, 1.54) is 16.8 Å². The normalized spacial score (nSPS) is 18.5. The summed E-state index contributed by atoms with van der Waals surface area (Å²) >= 11 is 0. The minimum Gasteiger partial charge on any atom is -0.384 e. The van der Waals surface area contributed by atoms with Crippen LogP contribution in [0.3, 0.4) is 0 Å². The van der Waals surface area contributed by atoms with E-state index in [1.807, 2.05) is 10.9 Å². The number of nitrogens with zero attached hydrogens (tertiary/aromatic N) is 2. The Morgan fingerprint density at radius 2 is 2.29 bits per heavy atom. The topological polar surface area (TPSA) is 29.9 Å². The SMILES string of the molecule is CCn1cc(C2CNc3ccccc3C2)cn1. The molecule has 0 bridgehead atoms. The van der Waals surface area contributed by atoms with Gasteiger partial charge >= 0.3 is 0 Å². The Kier molecular flexibility index (Phi) is 2.59. The third kappa shape index (κ3) is 1.93. The molecule has 1 N–H and O–H groups in total. The first-order chi connectivity index (χ1) is 8.36. The second-order valence-electron chi connectivity index (χ2n) is 4.57. The van der Waals surface area contributed by atoms with Gasteiger partial charge in [0.2, 0.25) is 0 Å². The van der Waals surface area contributed by atoms with E-state index in [9.17, 15) is 0 Å². The molecule has 1 aliphatic heterocycles. The molecule has 2 aromatic rings. The molecule has 0 fully saturated rings. The number of anilines is 1. The number of hydrogen-bond donors (Lipinski definition) is 1. The smallest absolute Gasteiger partial charge is 0.0525 e. The number of benzene rings is 1. The van der Waals surface area contributed by atoms with Gasteiger partial charge in [-0.3, -0.25) is 4.68 Å². The van der Waals surface area contributed by atoms with Gasteiger partial charge in [-0.1, -0.05) is 18.2 Å². The van der Waals surface area contributed by atoms with Crippen LogP contribution in [0.2, 0.25) is 0 Å². The van der Waals surface area contributed by atoms with Crippen LogP contribution in [0.4, 0.5) is 5.69 Å². The van der Waals surface area contributed by atoms with Gasteiger partial charge in [-0.05, 0) is 30.5 Å². The summed E-state index contributed by atoms with van der Waals surface area (Å²) in [5, 5.41) is 7.86. The Morgan fingerprint density at radius 1 is 1.41 bits per heavy atom. The molecule has 3 nitrogen and oxygen atoms in total. The summed E-state index contributed by atoms with van der Waals surface area (Å²) in [7, 11) is 0. The maximum absolute atomic E-state index is 4.35. The lowest BCUT2D eigenvalue weighted by atomic mass is 9.90. The molecule has 0 aliphatic carbocycles. The van der Waals surface area contributed by atoms with Crippen molar-refractivity contribution in [2.75, 3.05) is 11.9 Å². The standard InChI is InChI=1S/C14H17N3/c1-2-17-10-13(9-16-17)12-7-11-5-3-4-6-14(11)15-8-12/h3-6,9-10,12,15H,2,7-8H2,1H3. The number of fused-ring (bicyclic) bond motifs is 1. The predicted molar refractivity (Wildman–Crippen MR) is 69.3 cm³/mol. The summed E-state index contributed by atoms with van der Waals surface area (Å²) in [5.41, 5.74) is 4.04. The van der Waals surface area contributed by atoms with Gasteiger partial charge in [-0.2, -0.15) is 5.10 Å². The van der Waals surface area contributed by atoms with Gasteiger partial charge in [0, 0.05) is 30.9 Å². The molecule has 0 saturated heterocycles. The van der Waals surface area contributed by atoms with Crippen molar-refractivity contribution in [3.05, 3.63) is 47.8 Å². The summed E-state index contributed by atoms with van der Waals surface area (Å²) in [6.07, 6.45) is 5.28. The van der Waals surface area contributed by atoms with Crippen LogP contribution in [0.1, 0.15) is 24.0 Å². The molecule has 17 heavy (non-hydrogen) atoms. The highest BCUT2D eigenvalue weighted by molar-refractivity contribution is 5.54. The van der Waals surface area contributed by atoms with Crippen molar-refractivity contribution >= 4 is 5.69 Å². The molecule has 1 unspecified atom stereocenters. The molecule has 0 amide bonds. The van der Waals surface area contributed by atoms with Crippen molar-refractivity contribution in [3.8, 4) is 0 Å². The fraction of sp³-hybridized carbons (Fsp3) is 0.357. The van der Waals surface area contributed by atoms with Gasteiger partial charge in [0.05, 0.1) is 6.20 Å². The van der Waals surface area contributed by atoms with E-state index in [0.717, 1.165) is 19.5 Å². The molecule has 2 heterocycles. The van der Waals surface area contributed by atoms with Gasteiger partial charge in [-0.15, -0.1) is 0 Å². The third-order valence-electron chi connectivity index (χ3n) is 3.47. The molecule has 1 aromatic carbocycles. The number of rotatable bonds is 2. The minimum absolute atomic E-state index is 0.546. The van der Waals surface area contributed by atoms with Crippen LogP contribution in [-0.4, -0.2) is 16.3 Å². The zero-order valence-electron chi connectivity index (χ0n) is 10.1. The number of aromatic nitrogens is 2. The van der Waals surface area contributed by atoms with Crippen LogP contribution in [0.15, 0.2) is 36.7 Å². The summed E-state index contributed by atoms with van der Waals surface area (Å²) in [6, 6.07) is 8.55. The van der Waals surface area contributed by atoms with Gasteiger partial charge in [0.15, 0.2) is 0 Å². The summed E-state index contributed by atoms with van der Waals surface area (Å²) in [6.45, 7) is 4.06. The van der Waals surface area contributed by atoms with E-state index in [4.69, 9.17) is 0 Å². The summed E-state index contributed by atoms with van der Waals surface area (Å²) < 4.78 is 2.00. The molecule has 0 radical (unpaired) electrons. The third-order valence-corrected chi connectivity index (χ3v) is 3.47. The highest BCUT2D eigenvalue weighted by Crippen LogP contribution is 2.29. The Hall–Kier alpha value is -1.77. The first-order valence-corrected chi connectivity index (χ1v) is 6.21. The zero-order valence-corrected chi connectivity index (χ0v) is 10.1. The van der Waals surface area contributed by atoms with Crippen molar-refractivity contribution < 1.29 is 0 Å². The maximum Gasteiger partial charge on any atom is 0.0525 e. The van der Waals surface area contributed by atoms with Crippen LogP contribution >= 0.6 is 0 Å². The monoisotopic (exact) mass is 227 g/mol. The number of para-hydroxylation sites is 1. The highest BCUT2D eigenvalue weighted by Gasteiger charge is 2.20. The van der Waals surface area contributed by atoms with E-state index in [-0.39, 0.29) is 0 Å². The van der Waals surface area contributed by atoms with Crippen molar-refractivity contribution in [2.45, 2.75) is 25.8 Å². The van der Waals surface area contributed by atoms with E-state index in [1.54, 1.807) is 0 Å². The second-order valence-corrected chi connectivity index (χ2v) is 4.57. The molecule has 1 atom stereocenters. The number of nitrogens with one attached hydrogen (secondary N) is 1. The second kappa shape index (κ2) is 4.24. The molecule has 0 spiro atoms. The molecule has 3 heteroatoms. The lowest BCUT2D eigenvalue weighted by Crippen LogP contribution is -2.21. The van der Waals surface area contributed by atoms with E-state index < -0.39 is 0 Å². The van der Waals surface area contributed by atoms with Crippen LogP contribution in [0.5, 0.6) is 0 Å². The highest BCUT2D eigenvalue weighted by atomic mass is 15.3. The number of hydrogen-bond acceptors (Lipinski definition) is 2. The van der Waals surface area contributed by atoms with Gasteiger partial charge in [0.1, 0.15) is 0 Å². The molecule has 1 aliphatic rings. The Bertz CT molecular complexity index is 516. The van der Waals surface area contributed by atoms with Gasteiger partial charge < -0.3 is 5.32 Å².